The molecule has 0 spiro atoms. The van der Waals surface area contributed by atoms with Crippen LogP contribution in [0.15, 0.2) is 35.3 Å². The first-order chi connectivity index (χ1) is 11.3. The van der Waals surface area contributed by atoms with Crippen LogP contribution in [0.4, 0.5) is 20.2 Å². The topological polar surface area (TPSA) is 47.3 Å². The number of halogens is 4. The van der Waals surface area contributed by atoms with Crippen LogP contribution in [0, 0.1) is 6.92 Å². The summed E-state index contributed by atoms with van der Waals surface area (Å²) >= 11 is 9.57. The van der Waals surface area contributed by atoms with Gasteiger partial charge in [0.25, 0.3) is 0 Å². The van der Waals surface area contributed by atoms with Gasteiger partial charge in [-0.2, -0.15) is 8.78 Å². The molecule has 0 unspecified atom stereocenters. The number of nitrogens with one attached hydrogen (secondary N) is 1. The summed E-state index contributed by atoms with van der Waals surface area (Å²) in [6.07, 6.45) is 1.52. The Bertz CT molecular complexity index is 769. The summed E-state index contributed by atoms with van der Waals surface area (Å²) in [5, 5.41) is 3.55. The zero-order chi connectivity index (χ0) is 17.9. The fourth-order valence-corrected chi connectivity index (χ4v) is 3.07. The molecule has 0 fully saturated rings. The molecule has 0 saturated heterocycles. The van der Waals surface area contributed by atoms with Crippen molar-refractivity contribution in [2.75, 3.05) is 11.1 Å². The molecule has 0 aliphatic rings. The highest BCUT2D eigenvalue weighted by Crippen LogP contribution is 2.35. The van der Waals surface area contributed by atoms with Gasteiger partial charge in [-0.15, -0.1) is 0 Å². The Balaban J connectivity index is 2.43. The van der Waals surface area contributed by atoms with Gasteiger partial charge in [0.1, 0.15) is 5.75 Å². The number of nitrogens with two attached hydrogens (primary N) is 1. The number of aryl methyl sites for hydroxylation is 1. The van der Waals surface area contributed by atoms with Gasteiger partial charge >= 0.3 is 6.61 Å². The highest BCUT2D eigenvalue weighted by Gasteiger charge is 2.18. The molecule has 0 saturated carbocycles. The first-order valence-corrected chi connectivity index (χ1v) is 8.18. The molecule has 0 aliphatic carbocycles. The normalized spacial score (nSPS) is 10.8. The second kappa shape index (κ2) is 7.85. The molecular formula is C17H16BrClF2N2O. The smallest absolute Gasteiger partial charge is 0.387 e. The average molecular weight is 418 g/mol. The molecule has 0 radical (unpaired) electrons. The maximum atomic E-state index is 12.8. The van der Waals surface area contributed by atoms with Gasteiger partial charge in [-0.3, -0.25) is 0 Å². The van der Waals surface area contributed by atoms with Gasteiger partial charge in [-0.1, -0.05) is 40.2 Å². The van der Waals surface area contributed by atoms with Crippen LogP contribution in [0.25, 0.3) is 6.08 Å². The summed E-state index contributed by atoms with van der Waals surface area (Å²) < 4.78 is 31.1. The molecule has 0 atom stereocenters. The molecule has 128 valence electrons. The van der Waals surface area contributed by atoms with Crippen LogP contribution < -0.4 is 15.8 Å². The fourth-order valence-electron chi connectivity index (χ4n) is 2.35. The number of hydrogen-bond acceptors (Lipinski definition) is 3. The number of rotatable bonds is 6. The molecule has 2 aromatic rings. The van der Waals surface area contributed by atoms with Crippen LogP contribution in [-0.2, 0) is 6.54 Å². The second-order valence-corrected chi connectivity index (χ2v) is 6.39. The van der Waals surface area contributed by atoms with Crippen molar-refractivity contribution in [3.8, 4) is 5.75 Å². The molecule has 0 aromatic heterocycles. The van der Waals surface area contributed by atoms with Crippen LogP contribution in [0.3, 0.4) is 0 Å². The molecule has 3 nitrogen and oxygen atoms in total. The Hall–Kier alpha value is -1.79. The molecule has 24 heavy (non-hydrogen) atoms. The summed E-state index contributed by atoms with van der Waals surface area (Å²) in [6, 6.07) is 6.92. The van der Waals surface area contributed by atoms with E-state index in [1.165, 1.54) is 6.08 Å². The van der Waals surface area contributed by atoms with Crippen LogP contribution in [0.2, 0.25) is 5.02 Å². The number of anilines is 2. The number of alkyl halides is 2. The number of hydrogen-bond donors (Lipinski definition) is 2. The van der Waals surface area contributed by atoms with Crippen molar-refractivity contribution < 1.29 is 13.5 Å². The summed E-state index contributed by atoms with van der Waals surface area (Å²) in [6.45, 7) is 2.63. The second-order valence-electron chi connectivity index (χ2n) is 5.06. The minimum absolute atomic E-state index is 0.0883. The third kappa shape index (κ3) is 4.19. The van der Waals surface area contributed by atoms with Crippen molar-refractivity contribution in [3.05, 3.63) is 57.0 Å². The van der Waals surface area contributed by atoms with E-state index >= 15 is 0 Å². The molecule has 0 amide bonds. The molecule has 3 N–H and O–H groups in total. The van der Waals surface area contributed by atoms with Crippen LogP contribution in [0.1, 0.15) is 16.7 Å². The number of benzene rings is 2. The largest absolute Gasteiger partial charge is 0.434 e. The van der Waals surface area contributed by atoms with E-state index in [1.54, 1.807) is 25.1 Å². The number of ether oxygens (including phenoxy) is 1. The van der Waals surface area contributed by atoms with Crippen molar-refractivity contribution in [1.29, 1.82) is 0 Å². The minimum atomic E-state index is -2.93. The highest BCUT2D eigenvalue weighted by molar-refractivity contribution is 9.10. The quantitative estimate of drug-likeness (QED) is 0.580. The zero-order valence-corrected chi connectivity index (χ0v) is 15.2. The Morgan fingerprint density at radius 1 is 1.42 bits per heavy atom. The molecule has 0 aliphatic heterocycles. The lowest BCUT2D eigenvalue weighted by molar-refractivity contribution is -0.0508. The van der Waals surface area contributed by atoms with Crippen molar-refractivity contribution in [2.45, 2.75) is 20.1 Å². The molecule has 0 heterocycles. The van der Waals surface area contributed by atoms with Gasteiger partial charge in [0.2, 0.25) is 0 Å². The van der Waals surface area contributed by atoms with E-state index in [2.05, 4.69) is 27.8 Å². The van der Waals surface area contributed by atoms with E-state index in [4.69, 9.17) is 22.1 Å². The van der Waals surface area contributed by atoms with Crippen molar-refractivity contribution in [3.63, 3.8) is 0 Å². The van der Waals surface area contributed by atoms with E-state index in [-0.39, 0.29) is 12.3 Å². The molecular weight excluding hydrogens is 402 g/mol. The predicted molar refractivity (Wildman–Crippen MR) is 98.8 cm³/mol. The van der Waals surface area contributed by atoms with Gasteiger partial charge in [-0.05, 0) is 36.8 Å². The highest BCUT2D eigenvalue weighted by atomic mass is 79.9. The van der Waals surface area contributed by atoms with E-state index < -0.39 is 6.61 Å². The van der Waals surface area contributed by atoms with Crippen molar-refractivity contribution in [2.24, 2.45) is 0 Å². The lowest BCUT2D eigenvalue weighted by atomic mass is 10.0. The molecule has 2 rings (SSSR count). The van der Waals surface area contributed by atoms with Crippen LogP contribution in [-0.4, -0.2) is 6.61 Å². The fraction of sp³-hybridized carbons (Fsp3) is 0.176. The van der Waals surface area contributed by atoms with Gasteiger partial charge in [0.15, 0.2) is 0 Å². The van der Waals surface area contributed by atoms with Crippen LogP contribution >= 0.6 is 27.5 Å². The molecule has 2 aromatic carbocycles. The van der Waals surface area contributed by atoms with Gasteiger partial charge in [-0.25, -0.2) is 0 Å². The van der Waals surface area contributed by atoms with Gasteiger partial charge in [0.05, 0.1) is 11.4 Å². The van der Waals surface area contributed by atoms with Crippen molar-refractivity contribution in [1.82, 2.24) is 0 Å². The summed E-state index contributed by atoms with van der Waals surface area (Å²) in [5.74, 6) is 0.0883. The Kier molecular flexibility index (Phi) is 6.07. The summed E-state index contributed by atoms with van der Waals surface area (Å²) in [4.78, 5) is 0. The Labute approximate surface area is 152 Å². The summed E-state index contributed by atoms with van der Waals surface area (Å²) in [5.41, 5.74) is 8.68. The summed E-state index contributed by atoms with van der Waals surface area (Å²) in [7, 11) is 0. The first kappa shape index (κ1) is 18.5. The SMILES string of the molecule is C=Cc1c(Cl)cc(C)c(OC(F)F)c1CNc1cc(Br)ccc1N. The Morgan fingerprint density at radius 2 is 2.12 bits per heavy atom. The minimum Gasteiger partial charge on any atom is -0.434 e. The lowest BCUT2D eigenvalue weighted by Gasteiger charge is -2.19. The third-order valence-corrected chi connectivity index (χ3v) is 4.25. The van der Waals surface area contributed by atoms with Crippen molar-refractivity contribution >= 4 is 45.0 Å². The van der Waals surface area contributed by atoms with E-state index in [0.717, 1.165) is 4.47 Å². The number of nitrogen functional groups attached to an aromatic ring is 1. The standard InChI is InChI=1S/C17H16BrClF2N2O/c1-3-11-12(8-23-15-7-10(18)4-5-14(15)22)16(24-17(20)21)9(2)6-13(11)19/h3-7,17,23H,1,8,22H2,2H3. The van der Waals surface area contributed by atoms with E-state index in [9.17, 15) is 8.78 Å². The monoisotopic (exact) mass is 416 g/mol. The maximum absolute atomic E-state index is 12.8. The Morgan fingerprint density at radius 3 is 2.75 bits per heavy atom. The lowest BCUT2D eigenvalue weighted by Crippen LogP contribution is -2.11. The molecule has 0 bridgehead atoms. The first-order valence-electron chi connectivity index (χ1n) is 7.01. The van der Waals surface area contributed by atoms with Crippen LogP contribution in [0.5, 0.6) is 5.75 Å². The van der Waals surface area contributed by atoms with E-state index in [0.29, 0.717) is 33.1 Å². The zero-order valence-electron chi connectivity index (χ0n) is 12.9. The predicted octanol–water partition coefficient (Wildman–Crippen LogP) is 5.85. The molecule has 7 heteroatoms. The third-order valence-electron chi connectivity index (χ3n) is 3.44. The van der Waals surface area contributed by atoms with E-state index in [1.807, 2.05) is 6.07 Å². The average Bonchev–Trinajstić information content (AvgIpc) is 2.51. The van der Waals surface area contributed by atoms with Gasteiger partial charge < -0.3 is 15.8 Å². The van der Waals surface area contributed by atoms with Gasteiger partial charge in [0, 0.05) is 27.2 Å². The maximum Gasteiger partial charge on any atom is 0.387 e.